The Morgan fingerprint density at radius 3 is 2.71 bits per heavy atom. The summed E-state index contributed by atoms with van der Waals surface area (Å²) in [5, 5.41) is 3.83. The Bertz CT molecular complexity index is 817. The third-order valence-electron chi connectivity index (χ3n) is 4.46. The van der Waals surface area contributed by atoms with Gasteiger partial charge in [-0.3, -0.25) is 9.59 Å². The van der Waals surface area contributed by atoms with Crippen LogP contribution in [0.25, 0.3) is 0 Å². The quantitative estimate of drug-likeness (QED) is 0.853. The maximum atomic E-state index is 12.6. The van der Waals surface area contributed by atoms with E-state index < -0.39 is 0 Å². The molecule has 2 aromatic heterocycles. The van der Waals surface area contributed by atoms with Crippen LogP contribution in [0, 0.1) is 20.8 Å². The second kappa shape index (κ2) is 6.14. The van der Waals surface area contributed by atoms with Crippen molar-refractivity contribution in [2.45, 2.75) is 33.3 Å². The number of carbonyl (C=O) groups is 1. The summed E-state index contributed by atoms with van der Waals surface area (Å²) in [6, 6.07) is 3.31. The van der Waals surface area contributed by atoms with Gasteiger partial charge < -0.3 is 18.7 Å². The summed E-state index contributed by atoms with van der Waals surface area (Å²) in [5.74, 6) is 0.994. The van der Waals surface area contributed by atoms with Crippen LogP contribution in [-0.2, 0) is 7.05 Å². The van der Waals surface area contributed by atoms with Crippen molar-refractivity contribution in [3.8, 4) is 5.75 Å². The van der Waals surface area contributed by atoms with Gasteiger partial charge in [0.25, 0.3) is 11.5 Å². The van der Waals surface area contributed by atoms with Crippen molar-refractivity contribution in [3.63, 3.8) is 0 Å². The van der Waals surface area contributed by atoms with Crippen LogP contribution >= 0.6 is 0 Å². The SMILES string of the molecule is Cc1noc(C)c1C(=O)N1CC[C@H](Oc2cc(C)n(C)c(=O)c2)C1. The molecule has 1 aliphatic rings. The minimum absolute atomic E-state index is 0.0856. The van der Waals surface area contributed by atoms with Crippen LogP contribution in [0.1, 0.15) is 33.9 Å². The molecule has 1 saturated heterocycles. The molecule has 128 valence electrons. The molecule has 24 heavy (non-hydrogen) atoms. The van der Waals surface area contributed by atoms with Crippen LogP contribution in [0.3, 0.4) is 0 Å². The molecule has 0 aromatic carbocycles. The van der Waals surface area contributed by atoms with Gasteiger partial charge in [-0.15, -0.1) is 0 Å². The molecule has 0 aliphatic carbocycles. The number of aromatic nitrogens is 2. The van der Waals surface area contributed by atoms with E-state index >= 15 is 0 Å². The summed E-state index contributed by atoms with van der Waals surface area (Å²) < 4.78 is 12.5. The van der Waals surface area contributed by atoms with Crippen molar-refractivity contribution in [2.24, 2.45) is 7.05 Å². The van der Waals surface area contributed by atoms with E-state index in [4.69, 9.17) is 9.26 Å². The third-order valence-corrected chi connectivity index (χ3v) is 4.46. The Balaban J connectivity index is 1.70. The van der Waals surface area contributed by atoms with Crippen molar-refractivity contribution in [1.82, 2.24) is 14.6 Å². The van der Waals surface area contributed by atoms with Gasteiger partial charge in [0.1, 0.15) is 23.2 Å². The molecule has 1 aliphatic heterocycles. The number of nitrogens with zero attached hydrogens (tertiary/aromatic N) is 3. The first-order valence-electron chi connectivity index (χ1n) is 7.93. The van der Waals surface area contributed by atoms with Crippen LogP contribution in [-0.4, -0.2) is 39.7 Å². The first-order valence-corrected chi connectivity index (χ1v) is 7.93. The first kappa shape index (κ1) is 16.3. The zero-order chi connectivity index (χ0) is 17.4. The number of ether oxygens (including phenoxy) is 1. The van der Waals surface area contributed by atoms with Crippen LogP contribution < -0.4 is 10.3 Å². The molecule has 3 rings (SSSR count). The molecule has 1 fully saturated rings. The normalized spacial score (nSPS) is 17.3. The van der Waals surface area contributed by atoms with Gasteiger partial charge in [-0.05, 0) is 26.8 Å². The Labute approximate surface area is 139 Å². The van der Waals surface area contributed by atoms with Crippen molar-refractivity contribution < 1.29 is 14.1 Å². The predicted molar refractivity (Wildman–Crippen MR) is 87.3 cm³/mol. The Morgan fingerprint density at radius 2 is 2.08 bits per heavy atom. The molecule has 0 radical (unpaired) electrons. The minimum Gasteiger partial charge on any atom is -0.488 e. The van der Waals surface area contributed by atoms with Gasteiger partial charge in [-0.25, -0.2) is 0 Å². The van der Waals surface area contributed by atoms with E-state index in [9.17, 15) is 9.59 Å². The average Bonchev–Trinajstić information content (AvgIpc) is 3.11. The van der Waals surface area contributed by atoms with E-state index in [1.54, 1.807) is 30.4 Å². The highest BCUT2D eigenvalue weighted by Gasteiger charge is 2.31. The lowest BCUT2D eigenvalue weighted by Gasteiger charge is -2.17. The van der Waals surface area contributed by atoms with Crippen molar-refractivity contribution in [2.75, 3.05) is 13.1 Å². The molecule has 0 spiro atoms. The fraction of sp³-hybridized carbons (Fsp3) is 0.471. The van der Waals surface area contributed by atoms with E-state index in [0.717, 1.165) is 12.1 Å². The number of aryl methyl sites for hydroxylation is 3. The molecule has 7 heteroatoms. The van der Waals surface area contributed by atoms with Crippen LogP contribution in [0.4, 0.5) is 0 Å². The Hall–Kier alpha value is -2.57. The second-order valence-electron chi connectivity index (χ2n) is 6.21. The predicted octanol–water partition coefficient (Wildman–Crippen LogP) is 1.59. The van der Waals surface area contributed by atoms with E-state index in [2.05, 4.69) is 5.16 Å². The molecule has 0 unspecified atom stereocenters. The fourth-order valence-corrected chi connectivity index (χ4v) is 2.95. The average molecular weight is 331 g/mol. The van der Waals surface area contributed by atoms with Gasteiger partial charge in [0, 0.05) is 31.8 Å². The maximum Gasteiger partial charge on any atom is 0.259 e. The molecule has 7 nitrogen and oxygen atoms in total. The molecule has 1 atom stereocenters. The van der Waals surface area contributed by atoms with Gasteiger partial charge in [-0.2, -0.15) is 0 Å². The number of rotatable bonds is 3. The number of carbonyl (C=O) groups excluding carboxylic acids is 1. The van der Waals surface area contributed by atoms with Crippen LogP contribution in [0.2, 0.25) is 0 Å². The smallest absolute Gasteiger partial charge is 0.259 e. The lowest BCUT2D eigenvalue weighted by molar-refractivity contribution is 0.0770. The van der Waals surface area contributed by atoms with Crippen LogP contribution in [0.5, 0.6) is 5.75 Å². The molecule has 0 N–H and O–H groups in total. The zero-order valence-corrected chi connectivity index (χ0v) is 14.3. The third kappa shape index (κ3) is 2.93. The molecule has 1 amide bonds. The van der Waals surface area contributed by atoms with E-state index in [1.807, 2.05) is 13.0 Å². The summed E-state index contributed by atoms with van der Waals surface area (Å²) in [7, 11) is 1.72. The Morgan fingerprint density at radius 1 is 1.33 bits per heavy atom. The molecule has 0 bridgehead atoms. The van der Waals surface area contributed by atoms with Gasteiger partial charge in [-0.1, -0.05) is 5.16 Å². The second-order valence-corrected chi connectivity index (χ2v) is 6.21. The monoisotopic (exact) mass is 331 g/mol. The fourth-order valence-electron chi connectivity index (χ4n) is 2.95. The molecule has 3 heterocycles. The summed E-state index contributed by atoms with van der Waals surface area (Å²) >= 11 is 0. The largest absolute Gasteiger partial charge is 0.488 e. The van der Waals surface area contributed by atoms with E-state index in [-0.39, 0.29) is 17.6 Å². The number of amides is 1. The van der Waals surface area contributed by atoms with Gasteiger partial charge in [0.2, 0.25) is 0 Å². The summed E-state index contributed by atoms with van der Waals surface area (Å²) in [6.07, 6.45) is 0.601. The number of likely N-dealkylation sites (tertiary alicyclic amines) is 1. The molecular weight excluding hydrogens is 310 g/mol. The highest BCUT2D eigenvalue weighted by molar-refractivity contribution is 5.96. The van der Waals surface area contributed by atoms with Crippen molar-refractivity contribution in [1.29, 1.82) is 0 Å². The summed E-state index contributed by atoms with van der Waals surface area (Å²) in [6.45, 7) is 6.45. The van der Waals surface area contributed by atoms with E-state index in [1.165, 1.54) is 6.07 Å². The molecule has 0 saturated carbocycles. The van der Waals surface area contributed by atoms with Gasteiger partial charge >= 0.3 is 0 Å². The van der Waals surface area contributed by atoms with Gasteiger partial charge in [0.15, 0.2) is 0 Å². The zero-order valence-electron chi connectivity index (χ0n) is 14.3. The maximum absolute atomic E-state index is 12.6. The van der Waals surface area contributed by atoms with E-state index in [0.29, 0.717) is 35.9 Å². The summed E-state index contributed by atoms with van der Waals surface area (Å²) in [5.41, 5.74) is 1.86. The lowest BCUT2D eigenvalue weighted by atomic mass is 10.2. The number of hydrogen-bond donors (Lipinski definition) is 0. The molecular formula is C17H21N3O4. The Kier molecular flexibility index (Phi) is 4.17. The van der Waals surface area contributed by atoms with Crippen molar-refractivity contribution >= 4 is 5.91 Å². The topological polar surface area (TPSA) is 77.6 Å². The standard InChI is InChI=1S/C17H21N3O4/c1-10-7-14(8-15(21)19(10)4)23-13-5-6-20(9-13)17(22)16-11(2)18-24-12(16)3/h7-8,13H,5-6,9H2,1-4H3/t13-/m0/s1. The van der Waals surface area contributed by atoms with Gasteiger partial charge in [0.05, 0.1) is 12.2 Å². The highest BCUT2D eigenvalue weighted by Crippen LogP contribution is 2.22. The van der Waals surface area contributed by atoms with Crippen molar-refractivity contribution in [3.05, 3.63) is 45.2 Å². The summed E-state index contributed by atoms with van der Waals surface area (Å²) in [4.78, 5) is 26.2. The highest BCUT2D eigenvalue weighted by atomic mass is 16.5. The number of pyridine rings is 1. The molecule has 2 aromatic rings. The lowest BCUT2D eigenvalue weighted by Crippen LogP contribution is -2.31. The minimum atomic E-state index is -0.124. The van der Waals surface area contributed by atoms with Crippen LogP contribution in [0.15, 0.2) is 21.5 Å². The number of hydrogen-bond acceptors (Lipinski definition) is 5. The first-order chi connectivity index (χ1) is 11.4.